The fraction of sp³-hybridized carbons (Fsp3) is 0.185. The number of ether oxygens (including phenoxy) is 2. The Morgan fingerprint density at radius 3 is 2.35 bits per heavy atom. The average Bonchev–Trinajstić information content (AvgIpc) is 3.20. The zero-order chi connectivity index (χ0) is 24.4. The molecule has 6 nitrogen and oxygen atoms in total. The predicted molar refractivity (Wildman–Crippen MR) is 128 cm³/mol. The van der Waals surface area contributed by atoms with Gasteiger partial charge < -0.3 is 19.2 Å². The fourth-order valence-electron chi connectivity index (χ4n) is 3.85. The molecule has 0 spiro atoms. The van der Waals surface area contributed by atoms with Gasteiger partial charge in [-0.25, -0.2) is 4.39 Å². The van der Waals surface area contributed by atoms with Crippen molar-refractivity contribution in [3.8, 4) is 33.9 Å². The second-order valence-corrected chi connectivity index (χ2v) is 7.98. The van der Waals surface area contributed by atoms with Crippen LogP contribution in [0.25, 0.3) is 33.4 Å². The van der Waals surface area contributed by atoms with E-state index in [4.69, 9.17) is 13.9 Å². The third-order valence-corrected chi connectivity index (χ3v) is 5.38. The highest BCUT2D eigenvalue weighted by Gasteiger charge is 2.24. The van der Waals surface area contributed by atoms with Crippen LogP contribution in [-0.4, -0.2) is 32.5 Å². The van der Waals surface area contributed by atoms with Gasteiger partial charge in [0, 0.05) is 29.6 Å². The lowest BCUT2D eigenvalue weighted by Gasteiger charge is -2.15. The summed E-state index contributed by atoms with van der Waals surface area (Å²) in [7, 11) is 3.03. The van der Waals surface area contributed by atoms with Crippen LogP contribution < -0.4 is 14.8 Å². The van der Waals surface area contributed by atoms with E-state index in [2.05, 4.69) is 5.32 Å². The summed E-state index contributed by atoms with van der Waals surface area (Å²) < 4.78 is 30.9. The van der Waals surface area contributed by atoms with E-state index in [1.807, 2.05) is 26.0 Å². The molecule has 3 aromatic carbocycles. The smallest absolute Gasteiger partial charge is 0.255 e. The molecule has 174 valence electrons. The van der Waals surface area contributed by atoms with Crippen LogP contribution in [0.4, 0.5) is 4.39 Å². The molecule has 0 aliphatic carbocycles. The summed E-state index contributed by atoms with van der Waals surface area (Å²) in [5.74, 6) is 0.586. The van der Waals surface area contributed by atoms with Gasteiger partial charge >= 0.3 is 0 Å². The maximum absolute atomic E-state index is 13.5. The number of nitrogens with one attached hydrogen (secondary N) is 1. The largest absolute Gasteiger partial charge is 0.496 e. The van der Waals surface area contributed by atoms with Gasteiger partial charge in [-0.2, -0.15) is 0 Å². The summed E-state index contributed by atoms with van der Waals surface area (Å²) in [5, 5.41) is 3.22. The van der Waals surface area contributed by atoms with Crippen LogP contribution in [0.2, 0.25) is 0 Å². The molecular weight excluding hydrogens is 437 g/mol. The van der Waals surface area contributed by atoms with E-state index in [0.29, 0.717) is 56.0 Å². The molecule has 4 rings (SSSR count). The molecule has 1 amide bonds. The van der Waals surface area contributed by atoms with E-state index < -0.39 is 0 Å². The minimum atomic E-state index is -0.387. The normalized spacial score (nSPS) is 11.0. The molecule has 0 unspecified atom stereocenters. The molecule has 1 heterocycles. The van der Waals surface area contributed by atoms with Crippen molar-refractivity contribution in [2.75, 3.05) is 14.2 Å². The third kappa shape index (κ3) is 4.24. The van der Waals surface area contributed by atoms with Crippen molar-refractivity contribution < 1.29 is 27.9 Å². The van der Waals surface area contributed by atoms with Gasteiger partial charge in [-0.3, -0.25) is 9.59 Å². The van der Waals surface area contributed by atoms with E-state index in [9.17, 15) is 14.0 Å². The number of halogens is 1. The van der Waals surface area contributed by atoms with Gasteiger partial charge in [0.2, 0.25) is 0 Å². The molecule has 7 heteroatoms. The Hall–Kier alpha value is -4.13. The summed E-state index contributed by atoms with van der Waals surface area (Å²) in [6.45, 7) is 3.81. The van der Waals surface area contributed by atoms with Gasteiger partial charge in [-0.15, -0.1) is 0 Å². The van der Waals surface area contributed by atoms with Crippen molar-refractivity contribution in [1.29, 1.82) is 0 Å². The highest BCUT2D eigenvalue weighted by Crippen LogP contribution is 2.41. The van der Waals surface area contributed by atoms with Crippen molar-refractivity contribution >= 4 is 23.2 Å². The molecule has 1 N–H and O–H groups in total. The van der Waals surface area contributed by atoms with Gasteiger partial charge in [0.25, 0.3) is 5.91 Å². The number of methoxy groups -OCH3 is 1. The number of aldehydes is 1. The first-order valence-corrected chi connectivity index (χ1v) is 10.7. The number of carbonyl (C=O) groups is 2. The first-order chi connectivity index (χ1) is 16.4. The molecule has 1 aromatic heterocycles. The molecule has 0 aliphatic heterocycles. The first kappa shape index (κ1) is 23.0. The number of amides is 1. The van der Waals surface area contributed by atoms with E-state index in [1.54, 1.807) is 30.3 Å². The highest BCUT2D eigenvalue weighted by molar-refractivity contribution is 6.12. The number of rotatable bonds is 7. The van der Waals surface area contributed by atoms with Crippen molar-refractivity contribution in [2.45, 2.75) is 20.0 Å². The molecule has 4 aromatic rings. The van der Waals surface area contributed by atoms with Crippen LogP contribution >= 0.6 is 0 Å². The minimum absolute atomic E-state index is 0.134. The van der Waals surface area contributed by atoms with Crippen molar-refractivity contribution in [1.82, 2.24) is 5.32 Å². The van der Waals surface area contributed by atoms with Crippen molar-refractivity contribution in [3.63, 3.8) is 0 Å². The van der Waals surface area contributed by atoms with Crippen LogP contribution in [0.3, 0.4) is 0 Å². The number of hydrogen-bond donors (Lipinski definition) is 1. The van der Waals surface area contributed by atoms with Crippen LogP contribution in [0.5, 0.6) is 11.5 Å². The lowest BCUT2D eigenvalue weighted by Crippen LogP contribution is -2.18. The molecule has 0 aliphatic rings. The second kappa shape index (κ2) is 9.39. The Kier molecular flexibility index (Phi) is 6.36. The van der Waals surface area contributed by atoms with Crippen molar-refractivity contribution in [3.05, 3.63) is 71.5 Å². The summed E-state index contributed by atoms with van der Waals surface area (Å²) >= 11 is 0. The van der Waals surface area contributed by atoms with Gasteiger partial charge in [0.15, 0.2) is 6.29 Å². The Balaban J connectivity index is 2.01. The lowest BCUT2D eigenvalue weighted by atomic mass is 9.98. The topological polar surface area (TPSA) is 77.8 Å². The number of furan rings is 1. The molecule has 0 radical (unpaired) electrons. The summed E-state index contributed by atoms with van der Waals surface area (Å²) in [6.07, 6.45) is 0.592. The number of hydrogen-bond acceptors (Lipinski definition) is 5. The Bertz CT molecular complexity index is 1370. The minimum Gasteiger partial charge on any atom is -0.496 e. The van der Waals surface area contributed by atoms with E-state index >= 15 is 0 Å². The average molecular weight is 461 g/mol. The molecule has 0 bridgehead atoms. The van der Waals surface area contributed by atoms with Crippen LogP contribution in [0.15, 0.2) is 59.0 Å². The molecule has 0 saturated carbocycles. The molecule has 0 atom stereocenters. The SMILES string of the molecule is CNC(=O)c1c(-c2ccc(F)cc2)oc2cc(OC(C)C)c(-c3ccc(OC)c(C=O)c3)cc12. The summed E-state index contributed by atoms with van der Waals surface area (Å²) in [6, 6.07) is 14.5. The maximum Gasteiger partial charge on any atom is 0.255 e. The Labute approximate surface area is 196 Å². The fourth-order valence-corrected chi connectivity index (χ4v) is 3.85. The zero-order valence-corrected chi connectivity index (χ0v) is 19.3. The zero-order valence-electron chi connectivity index (χ0n) is 19.3. The van der Waals surface area contributed by atoms with E-state index in [-0.39, 0.29) is 17.8 Å². The van der Waals surface area contributed by atoms with Crippen molar-refractivity contribution in [2.24, 2.45) is 0 Å². The third-order valence-electron chi connectivity index (χ3n) is 5.38. The Morgan fingerprint density at radius 2 is 1.74 bits per heavy atom. The van der Waals surface area contributed by atoms with Gasteiger partial charge in [0.1, 0.15) is 28.7 Å². The van der Waals surface area contributed by atoms with Gasteiger partial charge in [-0.1, -0.05) is 6.07 Å². The summed E-state index contributed by atoms with van der Waals surface area (Å²) in [5.41, 5.74) is 3.13. The van der Waals surface area contributed by atoms with E-state index in [1.165, 1.54) is 26.3 Å². The standard InChI is InChI=1S/C27H24FNO5/c1-15(2)33-23-13-24-21(12-20(23)17-7-10-22(32-4)18(11-17)14-30)25(27(31)29-3)26(34-24)16-5-8-19(28)9-6-16/h5-15H,1-4H3,(H,29,31). The van der Waals surface area contributed by atoms with E-state index in [0.717, 1.165) is 6.29 Å². The van der Waals surface area contributed by atoms with Gasteiger partial charge in [-0.05, 0) is 61.9 Å². The lowest BCUT2D eigenvalue weighted by molar-refractivity contribution is 0.0964. The molecule has 0 saturated heterocycles. The molecule has 0 fully saturated rings. The maximum atomic E-state index is 13.5. The van der Waals surface area contributed by atoms with Crippen LogP contribution in [0.1, 0.15) is 34.6 Å². The summed E-state index contributed by atoms with van der Waals surface area (Å²) in [4.78, 5) is 24.5. The number of fused-ring (bicyclic) bond motifs is 1. The van der Waals surface area contributed by atoms with Gasteiger partial charge in [0.05, 0.1) is 24.3 Å². The first-order valence-electron chi connectivity index (χ1n) is 10.7. The quantitative estimate of drug-likeness (QED) is 0.348. The number of benzene rings is 3. The predicted octanol–water partition coefficient (Wildman–Crippen LogP) is 5.87. The Morgan fingerprint density at radius 1 is 1.03 bits per heavy atom. The monoisotopic (exact) mass is 461 g/mol. The highest BCUT2D eigenvalue weighted by atomic mass is 19.1. The second-order valence-electron chi connectivity index (χ2n) is 7.98. The number of carbonyl (C=O) groups excluding carboxylic acids is 2. The molecule has 34 heavy (non-hydrogen) atoms. The van der Waals surface area contributed by atoms with Crippen LogP contribution in [0, 0.1) is 5.82 Å². The van der Waals surface area contributed by atoms with Crippen LogP contribution in [-0.2, 0) is 0 Å². The molecular formula is C27H24FNO5.